The molecule has 0 bridgehead atoms. The van der Waals surface area contributed by atoms with Gasteiger partial charge in [0.1, 0.15) is 0 Å². The van der Waals surface area contributed by atoms with E-state index in [1.54, 1.807) is 0 Å². The number of hydrogen-bond acceptors (Lipinski definition) is 5. The van der Waals surface area contributed by atoms with E-state index in [4.69, 9.17) is 10.5 Å². The minimum atomic E-state index is -3.57. The first-order valence-electron chi connectivity index (χ1n) is 6.58. The number of methoxy groups -OCH3 is 1. The maximum Gasteiger partial charge on any atom is 0.251 e. The van der Waals surface area contributed by atoms with Crippen LogP contribution in [0.1, 0.15) is 16.8 Å². The molecule has 1 aromatic carbocycles. The van der Waals surface area contributed by atoms with Crippen molar-refractivity contribution in [3.8, 4) is 0 Å². The molecule has 0 aliphatic heterocycles. The van der Waals surface area contributed by atoms with Crippen molar-refractivity contribution in [2.75, 3.05) is 33.4 Å². The number of carbonyl (C=O) groups excluding carboxylic acids is 1. The van der Waals surface area contributed by atoms with Gasteiger partial charge in [-0.1, -0.05) is 0 Å². The van der Waals surface area contributed by atoms with E-state index in [-0.39, 0.29) is 17.3 Å². The van der Waals surface area contributed by atoms with Gasteiger partial charge in [-0.25, -0.2) is 13.1 Å². The van der Waals surface area contributed by atoms with Crippen molar-refractivity contribution in [1.82, 2.24) is 10.0 Å². The van der Waals surface area contributed by atoms with Crippen LogP contribution in [-0.2, 0) is 14.8 Å². The van der Waals surface area contributed by atoms with Crippen LogP contribution in [0.15, 0.2) is 29.2 Å². The van der Waals surface area contributed by atoms with Gasteiger partial charge in [0.25, 0.3) is 5.91 Å². The summed E-state index contributed by atoms with van der Waals surface area (Å²) >= 11 is 0. The first-order valence-corrected chi connectivity index (χ1v) is 8.06. The van der Waals surface area contributed by atoms with Crippen molar-refractivity contribution >= 4 is 15.9 Å². The van der Waals surface area contributed by atoms with E-state index in [1.807, 2.05) is 0 Å². The van der Waals surface area contributed by atoms with Gasteiger partial charge in [-0.3, -0.25) is 4.79 Å². The largest absolute Gasteiger partial charge is 0.383 e. The molecule has 0 unspecified atom stereocenters. The van der Waals surface area contributed by atoms with Gasteiger partial charge in [-0.15, -0.1) is 0 Å². The van der Waals surface area contributed by atoms with E-state index in [0.717, 1.165) is 0 Å². The summed E-state index contributed by atoms with van der Waals surface area (Å²) in [6, 6.07) is 5.74. The van der Waals surface area contributed by atoms with Crippen molar-refractivity contribution < 1.29 is 17.9 Å². The molecule has 21 heavy (non-hydrogen) atoms. The third-order valence-corrected chi connectivity index (χ3v) is 4.17. The lowest BCUT2D eigenvalue weighted by Gasteiger charge is -2.08. The Morgan fingerprint density at radius 1 is 1.24 bits per heavy atom. The molecule has 0 aliphatic carbocycles. The van der Waals surface area contributed by atoms with Crippen LogP contribution in [0.25, 0.3) is 0 Å². The van der Waals surface area contributed by atoms with E-state index in [9.17, 15) is 13.2 Å². The molecular formula is C13H21N3O4S. The van der Waals surface area contributed by atoms with Crippen molar-refractivity contribution in [3.63, 3.8) is 0 Å². The normalized spacial score (nSPS) is 11.3. The Balaban J connectivity index is 2.66. The number of carbonyl (C=O) groups is 1. The second kappa shape index (κ2) is 8.73. The third-order valence-electron chi connectivity index (χ3n) is 2.69. The average molecular weight is 315 g/mol. The van der Waals surface area contributed by atoms with Gasteiger partial charge in [0.05, 0.1) is 11.5 Å². The molecule has 1 aromatic rings. The van der Waals surface area contributed by atoms with Crippen LogP contribution in [0.4, 0.5) is 0 Å². The molecule has 0 radical (unpaired) electrons. The monoisotopic (exact) mass is 315 g/mol. The van der Waals surface area contributed by atoms with Crippen LogP contribution in [0, 0.1) is 0 Å². The van der Waals surface area contributed by atoms with E-state index in [0.29, 0.717) is 31.7 Å². The molecule has 0 aromatic heterocycles. The summed E-state index contributed by atoms with van der Waals surface area (Å²) in [4.78, 5) is 11.9. The Morgan fingerprint density at radius 3 is 2.48 bits per heavy atom. The standard InChI is InChI=1S/C13H21N3O4S/c1-20-10-9-16-21(18,19)12-5-3-11(4-6-12)13(17)15-8-2-7-14/h3-6,16H,2,7-10,14H2,1H3,(H,15,17). The van der Waals surface area contributed by atoms with Gasteiger partial charge in [0, 0.05) is 25.8 Å². The molecule has 0 spiro atoms. The first kappa shape index (κ1) is 17.6. The molecule has 0 saturated heterocycles. The fourth-order valence-corrected chi connectivity index (χ4v) is 2.57. The SMILES string of the molecule is COCCNS(=O)(=O)c1ccc(C(=O)NCCCN)cc1. The minimum absolute atomic E-state index is 0.108. The maximum atomic E-state index is 11.9. The summed E-state index contributed by atoms with van der Waals surface area (Å²) in [6.07, 6.45) is 0.696. The number of nitrogens with two attached hydrogens (primary N) is 1. The van der Waals surface area contributed by atoms with Crippen LogP contribution < -0.4 is 15.8 Å². The molecule has 0 saturated carbocycles. The molecule has 7 nitrogen and oxygen atoms in total. The number of amides is 1. The Bertz CT molecular complexity index is 543. The quantitative estimate of drug-likeness (QED) is 0.541. The number of hydrogen-bond donors (Lipinski definition) is 3. The van der Waals surface area contributed by atoms with Crippen LogP contribution in [-0.4, -0.2) is 47.7 Å². The third kappa shape index (κ3) is 5.80. The number of rotatable bonds is 9. The highest BCUT2D eigenvalue weighted by molar-refractivity contribution is 7.89. The molecular weight excluding hydrogens is 294 g/mol. The number of ether oxygens (including phenoxy) is 1. The van der Waals surface area contributed by atoms with Gasteiger partial charge >= 0.3 is 0 Å². The highest BCUT2D eigenvalue weighted by atomic mass is 32.2. The number of benzene rings is 1. The summed E-state index contributed by atoms with van der Waals surface area (Å²) in [7, 11) is -2.08. The molecule has 0 fully saturated rings. The second-order valence-corrected chi connectivity index (χ2v) is 6.08. The lowest BCUT2D eigenvalue weighted by Crippen LogP contribution is -2.28. The van der Waals surface area contributed by atoms with E-state index < -0.39 is 10.0 Å². The zero-order chi connectivity index (χ0) is 15.7. The average Bonchev–Trinajstić information content (AvgIpc) is 2.47. The lowest BCUT2D eigenvalue weighted by molar-refractivity contribution is 0.0953. The Kier molecular flexibility index (Phi) is 7.30. The highest BCUT2D eigenvalue weighted by Crippen LogP contribution is 2.10. The molecule has 0 heterocycles. The van der Waals surface area contributed by atoms with Gasteiger partial charge in [0.2, 0.25) is 10.0 Å². The zero-order valence-corrected chi connectivity index (χ0v) is 12.8. The molecule has 4 N–H and O–H groups in total. The summed E-state index contributed by atoms with van der Waals surface area (Å²) in [5, 5.41) is 2.70. The smallest absolute Gasteiger partial charge is 0.251 e. The lowest BCUT2D eigenvalue weighted by atomic mass is 10.2. The minimum Gasteiger partial charge on any atom is -0.383 e. The van der Waals surface area contributed by atoms with E-state index in [2.05, 4.69) is 10.0 Å². The van der Waals surface area contributed by atoms with Gasteiger partial charge in [0.15, 0.2) is 0 Å². The van der Waals surface area contributed by atoms with Crippen molar-refractivity contribution in [2.45, 2.75) is 11.3 Å². The highest BCUT2D eigenvalue weighted by Gasteiger charge is 2.14. The van der Waals surface area contributed by atoms with Crippen molar-refractivity contribution in [2.24, 2.45) is 5.73 Å². The molecule has 1 rings (SSSR count). The zero-order valence-electron chi connectivity index (χ0n) is 12.0. The summed E-state index contributed by atoms with van der Waals surface area (Å²) in [5.41, 5.74) is 5.74. The molecule has 118 valence electrons. The predicted octanol–water partition coefficient (Wildman–Crippen LogP) is -0.310. The van der Waals surface area contributed by atoms with E-state index >= 15 is 0 Å². The fraction of sp³-hybridized carbons (Fsp3) is 0.462. The molecule has 1 amide bonds. The topological polar surface area (TPSA) is 111 Å². The van der Waals surface area contributed by atoms with Crippen LogP contribution >= 0.6 is 0 Å². The predicted molar refractivity (Wildman–Crippen MR) is 79.5 cm³/mol. The van der Waals surface area contributed by atoms with Crippen LogP contribution in [0.3, 0.4) is 0 Å². The Labute approximate surface area is 124 Å². The Hall–Kier alpha value is -1.48. The maximum absolute atomic E-state index is 11.9. The van der Waals surface area contributed by atoms with Gasteiger partial charge in [-0.05, 0) is 37.2 Å². The molecule has 0 atom stereocenters. The molecule has 0 aliphatic rings. The molecule has 8 heteroatoms. The first-order chi connectivity index (χ1) is 10.0. The summed E-state index contributed by atoms with van der Waals surface area (Å²) < 4.78 is 31.0. The van der Waals surface area contributed by atoms with Crippen LogP contribution in [0.5, 0.6) is 0 Å². The second-order valence-electron chi connectivity index (χ2n) is 4.31. The fourth-order valence-electron chi connectivity index (χ4n) is 1.55. The summed E-state index contributed by atoms with van der Waals surface area (Å²) in [6.45, 7) is 1.49. The number of nitrogens with one attached hydrogen (secondary N) is 2. The van der Waals surface area contributed by atoms with Crippen molar-refractivity contribution in [3.05, 3.63) is 29.8 Å². The van der Waals surface area contributed by atoms with Crippen LogP contribution in [0.2, 0.25) is 0 Å². The Morgan fingerprint density at radius 2 is 1.90 bits per heavy atom. The number of sulfonamides is 1. The van der Waals surface area contributed by atoms with Gasteiger partial charge < -0.3 is 15.8 Å². The van der Waals surface area contributed by atoms with E-state index in [1.165, 1.54) is 31.4 Å². The summed E-state index contributed by atoms with van der Waals surface area (Å²) in [5.74, 6) is -0.250. The van der Waals surface area contributed by atoms with Gasteiger partial charge in [-0.2, -0.15) is 0 Å². The van der Waals surface area contributed by atoms with Crippen molar-refractivity contribution in [1.29, 1.82) is 0 Å².